The third-order valence-electron chi connectivity index (χ3n) is 3.60. The standard InChI is InChI=1S/C18H24N2O2/c1-4-12-20-16(11-10-14(13(3)19)18(20)21)15-8-6-7-9-17(15)22-5-2/h6-11,13H,4-5,12,19H2,1-3H3. The lowest BCUT2D eigenvalue weighted by molar-refractivity contribution is 0.341. The van der Waals surface area contributed by atoms with Gasteiger partial charge < -0.3 is 15.0 Å². The molecule has 0 aliphatic carbocycles. The molecule has 2 N–H and O–H groups in total. The van der Waals surface area contributed by atoms with Gasteiger partial charge in [-0.3, -0.25) is 4.79 Å². The lowest BCUT2D eigenvalue weighted by Crippen LogP contribution is -2.28. The Morgan fingerprint density at radius 3 is 2.55 bits per heavy atom. The highest BCUT2D eigenvalue weighted by Crippen LogP contribution is 2.29. The number of hydrogen-bond donors (Lipinski definition) is 1. The van der Waals surface area contributed by atoms with Crippen LogP contribution in [0.1, 0.15) is 38.8 Å². The van der Waals surface area contributed by atoms with Gasteiger partial charge in [0, 0.05) is 23.7 Å². The van der Waals surface area contributed by atoms with Crippen LogP contribution < -0.4 is 16.0 Å². The van der Waals surface area contributed by atoms with E-state index in [1.165, 1.54) is 0 Å². The van der Waals surface area contributed by atoms with Crippen LogP contribution in [0.5, 0.6) is 5.75 Å². The molecule has 2 rings (SSSR count). The summed E-state index contributed by atoms with van der Waals surface area (Å²) in [4.78, 5) is 12.7. The largest absolute Gasteiger partial charge is 0.493 e. The maximum Gasteiger partial charge on any atom is 0.255 e. The average molecular weight is 300 g/mol. The Balaban J connectivity index is 2.65. The topological polar surface area (TPSA) is 57.2 Å². The third kappa shape index (κ3) is 3.22. The van der Waals surface area contributed by atoms with E-state index in [4.69, 9.17) is 10.5 Å². The predicted octanol–water partition coefficient (Wildman–Crippen LogP) is 3.34. The van der Waals surface area contributed by atoms with E-state index in [1.54, 1.807) is 4.57 Å². The second-order valence-electron chi connectivity index (χ2n) is 5.35. The summed E-state index contributed by atoms with van der Waals surface area (Å²) in [7, 11) is 0. The van der Waals surface area contributed by atoms with Gasteiger partial charge in [-0.15, -0.1) is 0 Å². The van der Waals surface area contributed by atoms with Crippen LogP contribution in [-0.4, -0.2) is 11.2 Å². The molecule has 2 aromatic rings. The van der Waals surface area contributed by atoms with Gasteiger partial charge in [0.25, 0.3) is 5.56 Å². The number of nitrogens with zero attached hydrogens (tertiary/aromatic N) is 1. The molecule has 0 saturated carbocycles. The first-order valence-corrected chi connectivity index (χ1v) is 7.81. The SMILES string of the molecule is CCCn1c(-c2ccccc2OCC)ccc(C(C)N)c1=O. The number of aromatic nitrogens is 1. The molecule has 0 bridgehead atoms. The normalized spacial score (nSPS) is 12.2. The lowest BCUT2D eigenvalue weighted by Gasteiger charge is -2.17. The fraction of sp³-hybridized carbons (Fsp3) is 0.389. The van der Waals surface area contributed by atoms with Crippen LogP contribution in [0.4, 0.5) is 0 Å². The fourth-order valence-electron chi connectivity index (χ4n) is 2.58. The van der Waals surface area contributed by atoms with Crippen molar-refractivity contribution in [2.75, 3.05) is 6.61 Å². The molecule has 0 aliphatic rings. The number of benzene rings is 1. The van der Waals surface area contributed by atoms with Gasteiger partial charge in [-0.05, 0) is 44.5 Å². The molecule has 0 fully saturated rings. The molecule has 0 saturated heterocycles. The molecular weight excluding hydrogens is 276 g/mol. The highest BCUT2D eigenvalue weighted by atomic mass is 16.5. The summed E-state index contributed by atoms with van der Waals surface area (Å²) in [6.07, 6.45) is 0.881. The highest BCUT2D eigenvalue weighted by molar-refractivity contribution is 5.67. The van der Waals surface area contributed by atoms with Crippen molar-refractivity contribution in [3.05, 3.63) is 52.3 Å². The number of nitrogens with two attached hydrogens (primary N) is 1. The quantitative estimate of drug-likeness (QED) is 0.890. The summed E-state index contributed by atoms with van der Waals surface area (Å²) in [5.74, 6) is 0.794. The zero-order valence-electron chi connectivity index (χ0n) is 13.5. The van der Waals surface area contributed by atoms with Gasteiger partial charge >= 0.3 is 0 Å². The van der Waals surface area contributed by atoms with Crippen molar-refractivity contribution in [2.24, 2.45) is 5.73 Å². The van der Waals surface area contributed by atoms with Crippen molar-refractivity contribution < 1.29 is 4.74 Å². The van der Waals surface area contributed by atoms with Crippen LogP contribution in [0.3, 0.4) is 0 Å². The van der Waals surface area contributed by atoms with Gasteiger partial charge in [0.1, 0.15) is 5.75 Å². The molecule has 1 atom stereocenters. The molecule has 1 heterocycles. The molecule has 0 aliphatic heterocycles. The van der Waals surface area contributed by atoms with E-state index in [0.29, 0.717) is 18.7 Å². The van der Waals surface area contributed by atoms with E-state index in [-0.39, 0.29) is 11.6 Å². The van der Waals surface area contributed by atoms with Crippen molar-refractivity contribution in [1.82, 2.24) is 4.57 Å². The monoisotopic (exact) mass is 300 g/mol. The molecule has 118 valence electrons. The van der Waals surface area contributed by atoms with Gasteiger partial charge in [0.15, 0.2) is 0 Å². The Kier molecular flexibility index (Phi) is 5.39. The maximum atomic E-state index is 12.7. The smallest absolute Gasteiger partial charge is 0.255 e. The number of rotatable bonds is 6. The number of ether oxygens (including phenoxy) is 1. The van der Waals surface area contributed by atoms with Gasteiger partial charge in [-0.1, -0.05) is 19.1 Å². The summed E-state index contributed by atoms with van der Waals surface area (Å²) in [6, 6.07) is 11.3. The molecule has 0 amide bonds. The molecule has 22 heavy (non-hydrogen) atoms. The number of pyridine rings is 1. The summed E-state index contributed by atoms with van der Waals surface area (Å²) in [5, 5.41) is 0. The Morgan fingerprint density at radius 1 is 1.18 bits per heavy atom. The molecule has 1 aromatic heterocycles. The van der Waals surface area contributed by atoms with E-state index < -0.39 is 0 Å². The minimum atomic E-state index is -0.271. The van der Waals surface area contributed by atoms with E-state index >= 15 is 0 Å². The summed E-state index contributed by atoms with van der Waals surface area (Å²) >= 11 is 0. The van der Waals surface area contributed by atoms with Crippen LogP contribution in [0.25, 0.3) is 11.3 Å². The van der Waals surface area contributed by atoms with Crippen molar-refractivity contribution in [1.29, 1.82) is 0 Å². The summed E-state index contributed by atoms with van der Waals surface area (Å²) in [5.41, 5.74) is 8.35. The average Bonchev–Trinajstić information content (AvgIpc) is 2.50. The van der Waals surface area contributed by atoms with E-state index in [0.717, 1.165) is 23.4 Å². The second-order valence-corrected chi connectivity index (χ2v) is 5.35. The van der Waals surface area contributed by atoms with E-state index in [1.807, 2.05) is 50.2 Å². The van der Waals surface area contributed by atoms with Crippen molar-refractivity contribution in [3.63, 3.8) is 0 Å². The number of hydrogen-bond acceptors (Lipinski definition) is 3. The fourth-order valence-corrected chi connectivity index (χ4v) is 2.58. The Morgan fingerprint density at radius 2 is 1.91 bits per heavy atom. The first-order valence-electron chi connectivity index (χ1n) is 7.81. The van der Waals surface area contributed by atoms with E-state index in [2.05, 4.69) is 6.92 Å². The number of para-hydroxylation sites is 1. The first-order chi connectivity index (χ1) is 10.6. The molecule has 0 spiro atoms. The minimum absolute atomic E-state index is 0.0133. The second kappa shape index (κ2) is 7.27. The van der Waals surface area contributed by atoms with Crippen LogP contribution in [0.2, 0.25) is 0 Å². The minimum Gasteiger partial charge on any atom is -0.493 e. The van der Waals surface area contributed by atoms with Gasteiger partial charge in [0.2, 0.25) is 0 Å². The van der Waals surface area contributed by atoms with Gasteiger partial charge in [-0.2, -0.15) is 0 Å². The molecule has 4 heteroatoms. The summed E-state index contributed by atoms with van der Waals surface area (Å²) < 4.78 is 7.50. The Hall–Kier alpha value is -2.07. The van der Waals surface area contributed by atoms with Gasteiger partial charge in [-0.25, -0.2) is 0 Å². The Bertz CT molecular complexity index is 690. The van der Waals surface area contributed by atoms with Crippen LogP contribution in [0.15, 0.2) is 41.2 Å². The van der Waals surface area contributed by atoms with E-state index in [9.17, 15) is 4.79 Å². The Labute approximate surface area is 131 Å². The van der Waals surface area contributed by atoms with Crippen molar-refractivity contribution >= 4 is 0 Å². The van der Waals surface area contributed by atoms with Crippen molar-refractivity contribution in [3.8, 4) is 17.0 Å². The third-order valence-corrected chi connectivity index (χ3v) is 3.60. The highest BCUT2D eigenvalue weighted by Gasteiger charge is 2.15. The molecule has 0 radical (unpaired) electrons. The molecule has 1 unspecified atom stereocenters. The molecular formula is C18H24N2O2. The van der Waals surface area contributed by atoms with Crippen LogP contribution >= 0.6 is 0 Å². The molecule has 4 nitrogen and oxygen atoms in total. The molecule has 1 aromatic carbocycles. The maximum absolute atomic E-state index is 12.7. The van der Waals surface area contributed by atoms with Crippen molar-refractivity contribution in [2.45, 2.75) is 39.8 Å². The zero-order chi connectivity index (χ0) is 16.1. The zero-order valence-corrected chi connectivity index (χ0v) is 13.5. The predicted molar refractivity (Wildman–Crippen MR) is 90.2 cm³/mol. The van der Waals surface area contributed by atoms with Gasteiger partial charge in [0.05, 0.1) is 12.3 Å². The summed E-state index contributed by atoms with van der Waals surface area (Å²) in [6.45, 7) is 7.10. The lowest BCUT2D eigenvalue weighted by atomic mass is 10.1. The van der Waals surface area contributed by atoms with Crippen LogP contribution in [-0.2, 0) is 6.54 Å². The first kappa shape index (κ1) is 16.3. The van der Waals surface area contributed by atoms with Crippen LogP contribution in [0, 0.1) is 0 Å².